The molecule has 134 valence electrons. The van der Waals surface area contributed by atoms with Gasteiger partial charge in [0.1, 0.15) is 0 Å². The molecule has 0 spiro atoms. The quantitative estimate of drug-likeness (QED) is 0.797. The molecule has 0 radical (unpaired) electrons. The lowest BCUT2D eigenvalue weighted by Crippen LogP contribution is -2.27. The Kier molecular flexibility index (Phi) is 6.33. The minimum Gasteiger partial charge on any atom is -0.352 e. The highest BCUT2D eigenvalue weighted by Gasteiger charge is 2.15. The fourth-order valence-corrected chi connectivity index (χ4v) is 3.29. The second kappa shape index (κ2) is 8.27. The molecule has 25 heavy (non-hydrogen) atoms. The number of hydrogen-bond donors (Lipinski definition) is 2. The summed E-state index contributed by atoms with van der Waals surface area (Å²) in [5.41, 5.74) is 2.42. The molecule has 6 heteroatoms. The number of benzene rings is 2. The maximum absolute atomic E-state index is 12.4. The molecule has 0 aliphatic rings. The zero-order valence-corrected chi connectivity index (χ0v) is 15.6. The summed E-state index contributed by atoms with van der Waals surface area (Å²) in [5.74, 6) is 0.153. The van der Waals surface area contributed by atoms with Gasteiger partial charge in [0.2, 0.25) is 10.0 Å². The number of rotatable bonds is 7. The number of carbonyl (C=O) groups excluding carboxylic acids is 1. The van der Waals surface area contributed by atoms with Crippen molar-refractivity contribution in [3.63, 3.8) is 0 Å². The van der Waals surface area contributed by atoms with Gasteiger partial charge in [-0.1, -0.05) is 43.7 Å². The average Bonchev–Trinajstić information content (AvgIpc) is 2.58. The average molecular weight is 360 g/mol. The highest BCUT2D eigenvalue weighted by molar-refractivity contribution is 7.89. The largest absolute Gasteiger partial charge is 0.352 e. The van der Waals surface area contributed by atoms with Crippen molar-refractivity contribution in [3.8, 4) is 0 Å². The molecule has 1 amide bonds. The topological polar surface area (TPSA) is 75.3 Å². The normalized spacial score (nSPS) is 11.5. The van der Waals surface area contributed by atoms with Gasteiger partial charge < -0.3 is 5.32 Å². The molecule has 0 saturated carbocycles. The zero-order chi connectivity index (χ0) is 18.4. The first-order chi connectivity index (χ1) is 11.8. The summed E-state index contributed by atoms with van der Waals surface area (Å²) in [6.07, 6.45) is 0. The maximum Gasteiger partial charge on any atom is 0.251 e. The molecule has 0 bridgehead atoms. The first-order valence-corrected chi connectivity index (χ1v) is 9.70. The zero-order valence-electron chi connectivity index (χ0n) is 14.7. The molecule has 2 aromatic carbocycles. The Morgan fingerprint density at radius 3 is 2.36 bits per heavy atom. The summed E-state index contributed by atoms with van der Waals surface area (Å²) in [5, 5.41) is 2.80. The Labute approximate surface area is 149 Å². The van der Waals surface area contributed by atoms with Crippen LogP contribution in [0.2, 0.25) is 0 Å². The fraction of sp³-hybridized carbons (Fsp3) is 0.316. The van der Waals surface area contributed by atoms with Gasteiger partial charge in [-0.25, -0.2) is 13.1 Å². The van der Waals surface area contributed by atoms with Gasteiger partial charge in [0.15, 0.2) is 0 Å². The van der Waals surface area contributed by atoms with Crippen LogP contribution in [0.25, 0.3) is 0 Å². The second-order valence-electron chi connectivity index (χ2n) is 6.44. The van der Waals surface area contributed by atoms with Crippen LogP contribution in [-0.4, -0.2) is 20.9 Å². The molecular weight excluding hydrogens is 336 g/mol. The van der Waals surface area contributed by atoms with E-state index in [1.54, 1.807) is 0 Å². The third kappa shape index (κ3) is 5.69. The maximum atomic E-state index is 12.4. The number of hydrogen-bond acceptors (Lipinski definition) is 3. The highest BCUT2D eigenvalue weighted by atomic mass is 32.2. The van der Waals surface area contributed by atoms with Gasteiger partial charge in [-0.2, -0.15) is 0 Å². The molecule has 5 nitrogen and oxygen atoms in total. The molecule has 0 saturated heterocycles. The minimum absolute atomic E-state index is 0.139. The molecule has 0 aromatic heterocycles. The smallest absolute Gasteiger partial charge is 0.251 e. The fourth-order valence-electron chi connectivity index (χ4n) is 2.27. The van der Waals surface area contributed by atoms with E-state index in [0.29, 0.717) is 18.0 Å². The van der Waals surface area contributed by atoms with Crippen molar-refractivity contribution in [3.05, 3.63) is 65.2 Å². The van der Waals surface area contributed by atoms with Crippen molar-refractivity contribution in [2.75, 3.05) is 6.54 Å². The predicted molar refractivity (Wildman–Crippen MR) is 98.8 cm³/mol. The van der Waals surface area contributed by atoms with Crippen LogP contribution in [0.4, 0.5) is 0 Å². The van der Waals surface area contributed by atoms with Crippen LogP contribution in [0.15, 0.2) is 53.4 Å². The van der Waals surface area contributed by atoms with Gasteiger partial charge >= 0.3 is 0 Å². The Morgan fingerprint density at radius 2 is 1.76 bits per heavy atom. The van der Waals surface area contributed by atoms with Gasteiger partial charge in [-0.15, -0.1) is 0 Å². The van der Waals surface area contributed by atoms with Gasteiger partial charge in [-0.3, -0.25) is 4.79 Å². The van der Waals surface area contributed by atoms with E-state index in [-0.39, 0.29) is 17.3 Å². The molecule has 0 aliphatic heterocycles. The molecule has 2 rings (SSSR count). The summed E-state index contributed by atoms with van der Waals surface area (Å²) in [7, 11) is -3.62. The molecule has 0 heterocycles. The van der Waals surface area contributed by atoms with Gasteiger partial charge in [0, 0.05) is 18.7 Å². The summed E-state index contributed by atoms with van der Waals surface area (Å²) < 4.78 is 27.3. The number of amides is 1. The summed E-state index contributed by atoms with van der Waals surface area (Å²) in [6.45, 7) is 6.78. The van der Waals surface area contributed by atoms with E-state index in [1.807, 2.05) is 45.0 Å². The Balaban J connectivity index is 2.03. The highest BCUT2D eigenvalue weighted by Crippen LogP contribution is 2.12. The Morgan fingerprint density at radius 1 is 1.08 bits per heavy atom. The lowest BCUT2D eigenvalue weighted by molar-refractivity contribution is 0.0949. The predicted octanol–water partition coefficient (Wildman–Crippen LogP) is 2.86. The summed E-state index contributed by atoms with van der Waals surface area (Å²) in [4.78, 5) is 12.1. The van der Waals surface area contributed by atoms with E-state index in [2.05, 4.69) is 10.0 Å². The number of nitrogens with one attached hydrogen (secondary N) is 2. The third-order valence-electron chi connectivity index (χ3n) is 3.65. The molecule has 0 unspecified atom stereocenters. The van der Waals surface area contributed by atoms with Crippen LogP contribution < -0.4 is 10.0 Å². The first kappa shape index (κ1) is 19.1. The van der Waals surface area contributed by atoms with Gasteiger partial charge in [0.05, 0.1) is 4.90 Å². The molecule has 0 atom stereocenters. The van der Waals surface area contributed by atoms with Crippen LogP contribution >= 0.6 is 0 Å². The number of carbonyl (C=O) groups is 1. The van der Waals surface area contributed by atoms with Crippen molar-refractivity contribution in [2.24, 2.45) is 5.92 Å². The second-order valence-corrected chi connectivity index (χ2v) is 8.21. The third-order valence-corrected chi connectivity index (χ3v) is 5.06. The van der Waals surface area contributed by atoms with E-state index in [9.17, 15) is 13.2 Å². The summed E-state index contributed by atoms with van der Waals surface area (Å²) >= 11 is 0. The SMILES string of the molecule is Cc1cccc(CNS(=O)(=O)c2ccc(C(=O)NCC(C)C)cc2)c1. The van der Waals surface area contributed by atoms with Crippen molar-refractivity contribution >= 4 is 15.9 Å². The van der Waals surface area contributed by atoms with Crippen molar-refractivity contribution < 1.29 is 13.2 Å². The van der Waals surface area contributed by atoms with E-state index >= 15 is 0 Å². The molecule has 2 aromatic rings. The van der Waals surface area contributed by atoms with E-state index in [4.69, 9.17) is 0 Å². The molecular formula is C19H24N2O3S. The lowest BCUT2D eigenvalue weighted by Gasteiger charge is -2.10. The standard InChI is InChI=1S/C19H24N2O3S/c1-14(2)12-20-19(22)17-7-9-18(10-8-17)25(23,24)21-13-16-6-4-5-15(3)11-16/h4-11,14,21H,12-13H2,1-3H3,(H,20,22). The molecule has 2 N–H and O–H groups in total. The van der Waals surface area contributed by atoms with Crippen molar-refractivity contribution in [1.29, 1.82) is 0 Å². The summed E-state index contributed by atoms with van der Waals surface area (Å²) in [6, 6.07) is 13.6. The van der Waals surface area contributed by atoms with Gasteiger partial charge in [0.25, 0.3) is 5.91 Å². The Hall–Kier alpha value is -2.18. The monoisotopic (exact) mass is 360 g/mol. The molecule has 0 fully saturated rings. The number of aryl methyl sites for hydroxylation is 1. The van der Waals surface area contributed by atoms with Crippen LogP contribution in [0.3, 0.4) is 0 Å². The first-order valence-electron chi connectivity index (χ1n) is 8.21. The number of sulfonamides is 1. The minimum atomic E-state index is -3.62. The lowest BCUT2D eigenvalue weighted by atomic mass is 10.1. The van der Waals surface area contributed by atoms with Gasteiger partial charge in [-0.05, 0) is 42.7 Å². The Bertz CT molecular complexity index is 828. The molecule has 0 aliphatic carbocycles. The van der Waals surface area contributed by atoms with Crippen LogP contribution in [0, 0.1) is 12.8 Å². The van der Waals surface area contributed by atoms with Crippen LogP contribution in [0.1, 0.15) is 35.3 Å². The van der Waals surface area contributed by atoms with Crippen molar-refractivity contribution in [2.45, 2.75) is 32.2 Å². The van der Waals surface area contributed by atoms with Crippen LogP contribution in [0.5, 0.6) is 0 Å². The van der Waals surface area contributed by atoms with Crippen LogP contribution in [-0.2, 0) is 16.6 Å². The van der Waals surface area contributed by atoms with E-state index < -0.39 is 10.0 Å². The van der Waals surface area contributed by atoms with Crippen molar-refractivity contribution in [1.82, 2.24) is 10.0 Å². The van der Waals surface area contributed by atoms with E-state index in [1.165, 1.54) is 24.3 Å². The van der Waals surface area contributed by atoms with E-state index in [0.717, 1.165) is 11.1 Å².